The maximum atomic E-state index is 13.8. The number of halogens is 2. The number of nitrogens with zero attached hydrogens (tertiary/aromatic N) is 3. The summed E-state index contributed by atoms with van der Waals surface area (Å²) in [6, 6.07) is 24.7. The van der Waals surface area contributed by atoms with Crippen LogP contribution in [0, 0.1) is 11.6 Å². The zero-order valence-electron chi connectivity index (χ0n) is 20.7. The van der Waals surface area contributed by atoms with E-state index in [1.54, 1.807) is 59.0 Å². The van der Waals surface area contributed by atoms with Crippen LogP contribution < -0.4 is 4.90 Å². The molecule has 5 aromatic rings. The first-order valence-corrected chi connectivity index (χ1v) is 12.2. The average molecular weight is 514 g/mol. The molecular weight excluding hydrogens is 488 g/mol. The van der Waals surface area contributed by atoms with E-state index in [1.165, 1.54) is 24.3 Å². The molecule has 2 aromatic heterocycles. The maximum Gasteiger partial charge on any atom is 0.355 e. The topological polar surface area (TPSA) is 56.5 Å². The first-order valence-electron chi connectivity index (χ1n) is 12.2. The molecule has 0 saturated heterocycles. The molecule has 0 aliphatic heterocycles. The standard InChI is InChI=1S/C30H25F2N3O3/c1-2-38-30(37)28-18-27-26(16-17-33(27)24-12-8-22(31)9-13-24)35(28)20-29(36)34(19-21-6-4-3-5-7-21)25-14-10-23(32)11-15-25/h3-18H,2,19-20H2,1H3. The number of hydrogen-bond acceptors (Lipinski definition) is 3. The highest BCUT2D eigenvalue weighted by Crippen LogP contribution is 2.27. The van der Waals surface area contributed by atoms with Crippen LogP contribution in [0.3, 0.4) is 0 Å². The lowest BCUT2D eigenvalue weighted by Gasteiger charge is -2.24. The molecule has 0 N–H and O–H groups in total. The summed E-state index contributed by atoms with van der Waals surface area (Å²) in [5.74, 6) is -1.61. The molecule has 8 heteroatoms. The van der Waals surface area contributed by atoms with E-state index in [-0.39, 0.29) is 37.1 Å². The largest absolute Gasteiger partial charge is 0.461 e. The Hall–Kier alpha value is -4.72. The monoisotopic (exact) mass is 513 g/mol. The highest BCUT2D eigenvalue weighted by atomic mass is 19.1. The minimum atomic E-state index is -0.557. The molecular formula is C30H25F2N3O3. The summed E-state index contributed by atoms with van der Waals surface area (Å²) >= 11 is 0. The van der Waals surface area contributed by atoms with Crippen molar-refractivity contribution < 1.29 is 23.1 Å². The fourth-order valence-corrected chi connectivity index (χ4v) is 4.45. The lowest BCUT2D eigenvalue weighted by Crippen LogP contribution is -2.34. The molecule has 0 atom stereocenters. The van der Waals surface area contributed by atoms with Gasteiger partial charge in [-0.25, -0.2) is 13.6 Å². The summed E-state index contributed by atoms with van der Waals surface area (Å²) in [6.07, 6.45) is 1.80. The fraction of sp³-hybridized carbons (Fsp3) is 0.133. The first-order chi connectivity index (χ1) is 18.4. The van der Waals surface area contributed by atoms with Crippen LogP contribution in [-0.2, 0) is 22.6 Å². The molecule has 0 aliphatic carbocycles. The van der Waals surface area contributed by atoms with Gasteiger partial charge in [0, 0.05) is 17.6 Å². The van der Waals surface area contributed by atoms with Crippen LogP contribution in [0.15, 0.2) is 97.2 Å². The molecule has 0 radical (unpaired) electrons. The Morgan fingerprint density at radius 2 is 1.50 bits per heavy atom. The number of carbonyl (C=O) groups is 2. The maximum absolute atomic E-state index is 13.8. The minimum Gasteiger partial charge on any atom is -0.461 e. The van der Waals surface area contributed by atoms with Crippen molar-refractivity contribution in [1.29, 1.82) is 0 Å². The van der Waals surface area contributed by atoms with Gasteiger partial charge in [-0.15, -0.1) is 0 Å². The molecule has 0 fully saturated rings. The van der Waals surface area contributed by atoms with Gasteiger partial charge in [-0.2, -0.15) is 0 Å². The van der Waals surface area contributed by atoms with Gasteiger partial charge in [-0.3, -0.25) is 4.79 Å². The van der Waals surface area contributed by atoms with Gasteiger partial charge in [0.15, 0.2) is 0 Å². The Kier molecular flexibility index (Phi) is 7.04. The summed E-state index contributed by atoms with van der Waals surface area (Å²) in [7, 11) is 0. The number of carbonyl (C=O) groups excluding carboxylic acids is 2. The Morgan fingerprint density at radius 3 is 2.16 bits per heavy atom. The van der Waals surface area contributed by atoms with Crippen molar-refractivity contribution in [2.45, 2.75) is 20.0 Å². The minimum absolute atomic E-state index is 0.157. The molecule has 3 aromatic carbocycles. The predicted octanol–water partition coefficient (Wildman–Crippen LogP) is 6.12. The van der Waals surface area contributed by atoms with Gasteiger partial charge < -0.3 is 18.8 Å². The number of esters is 1. The van der Waals surface area contributed by atoms with Crippen molar-refractivity contribution in [2.24, 2.45) is 0 Å². The molecule has 0 spiro atoms. The van der Waals surface area contributed by atoms with Crippen LogP contribution in [0.25, 0.3) is 16.7 Å². The van der Waals surface area contributed by atoms with E-state index in [0.29, 0.717) is 22.4 Å². The quantitative estimate of drug-likeness (QED) is 0.235. The van der Waals surface area contributed by atoms with Gasteiger partial charge in [0.1, 0.15) is 23.9 Å². The Balaban J connectivity index is 1.55. The Bertz CT molecular complexity index is 1570. The average Bonchev–Trinajstić information content (AvgIpc) is 3.49. The van der Waals surface area contributed by atoms with Crippen molar-refractivity contribution in [1.82, 2.24) is 9.13 Å². The van der Waals surface area contributed by atoms with Gasteiger partial charge in [0.2, 0.25) is 5.91 Å². The van der Waals surface area contributed by atoms with Crippen LogP contribution in [0.2, 0.25) is 0 Å². The van der Waals surface area contributed by atoms with Gasteiger partial charge >= 0.3 is 5.97 Å². The SMILES string of the molecule is CCOC(=O)c1cc2c(ccn2-c2ccc(F)cc2)n1CC(=O)N(Cc1ccccc1)c1ccc(F)cc1. The molecule has 192 valence electrons. The van der Waals surface area contributed by atoms with Crippen LogP contribution in [0.5, 0.6) is 0 Å². The lowest BCUT2D eigenvalue weighted by molar-refractivity contribution is -0.119. The van der Waals surface area contributed by atoms with Crippen LogP contribution in [0.1, 0.15) is 23.0 Å². The predicted molar refractivity (Wildman–Crippen MR) is 141 cm³/mol. The number of anilines is 1. The third-order valence-electron chi connectivity index (χ3n) is 6.26. The molecule has 0 bridgehead atoms. The van der Waals surface area contributed by atoms with Crippen molar-refractivity contribution in [3.8, 4) is 5.69 Å². The summed E-state index contributed by atoms with van der Waals surface area (Å²) in [5.41, 5.74) is 3.67. The number of benzene rings is 3. The molecule has 0 unspecified atom stereocenters. The van der Waals surface area contributed by atoms with E-state index >= 15 is 0 Å². The number of aromatic nitrogens is 2. The second kappa shape index (κ2) is 10.7. The Morgan fingerprint density at radius 1 is 0.842 bits per heavy atom. The molecule has 38 heavy (non-hydrogen) atoms. The number of rotatable bonds is 8. The molecule has 1 amide bonds. The van der Waals surface area contributed by atoms with Gasteiger partial charge in [-0.1, -0.05) is 30.3 Å². The summed E-state index contributed by atoms with van der Waals surface area (Å²) in [4.78, 5) is 28.3. The smallest absolute Gasteiger partial charge is 0.355 e. The van der Waals surface area contributed by atoms with Crippen LogP contribution in [-0.4, -0.2) is 27.6 Å². The number of amides is 1. The van der Waals surface area contributed by atoms with Crippen molar-refractivity contribution in [3.05, 3.63) is 120 Å². The zero-order chi connectivity index (χ0) is 26.6. The molecule has 6 nitrogen and oxygen atoms in total. The van der Waals surface area contributed by atoms with Crippen molar-refractivity contribution in [2.75, 3.05) is 11.5 Å². The van der Waals surface area contributed by atoms with Crippen LogP contribution in [0.4, 0.5) is 14.5 Å². The summed E-state index contributed by atoms with van der Waals surface area (Å²) in [5, 5.41) is 0. The fourth-order valence-electron chi connectivity index (χ4n) is 4.45. The van der Waals surface area contributed by atoms with E-state index in [0.717, 1.165) is 5.56 Å². The van der Waals surface area contributed by atoms with Gasteiger partial charge in [-0.05, 0) is 73.2 Å². The summed E-state index contributed by atoms with van der Waals surface area (Å²) in [6.45, 7) is 2.00. The number of hydrogen-bond donors (Lipinski definition) is 0. The van der Waals surface area contributed by atoms with Gasteiger partial charge in [0.05, 0.1) is 24.2 Å². The normalized spacial score (nSPS) is 11.0. The number of ether oxygens (including phenoxy) is 1. The van der Waals surface area contributed by atoms with E-state index < -0.39 is 11.8 Å². The number of fused-ring (bicyclic) bond motifs is 1. The van der Waals surface area contributed by atoms with Crippen LogP contribution >= 0.6 is 0 Å². The van der Waals surface area contributed by atoms with E-state index in [4.69, 9.17) is 4.74 Å². The third-order valence-corrected chi connectivity index (χ3v) is 6.26. The van der Waals surface area contributed by atoms with E-state index in [9.17, 15) is 18.4 Å². The summed E-state index contributed by atoms with van der Waals surface area (Å²) < 4.78 is 35.9. The van der Waals surface area contributed by atoms with Gasteiger partial charge in [0.25, 0.3) is 0 Å². The second-order valence-corrected chi connectivity index (χ2v) is 8.71. The third kappa shape index (κ3) is 5.06. The zero-order valence-corrected chi connectivity index (χ0v) is 20.7. The highest BCUT2D eigenvalue weighted by Gasteiger charge is 2.24. The second-order valence-electron chi connectivity index (χ2n) is 8.71. The Labute approximate surface area is 218 Å². The first kappa shape index (κ1) is 25.0. The van der Waals surface area contributed by atoms with Crippen molar-refractivity contribution in [3.63, 3.8) is 0 Å². The van der Waals surface area contributed by atoms with Crippen molar-refractivity contribution >= 4 is 28.6 Å². The highest BCUT2D eigenvalue weighted by molar-refractivity contribution is 5.99. The molecule has 5 rings (SSSR count). The van der Waals surface area contributed by atoms with E-state index in [2.05, 4.69) is 0 Å². The molecule has 0 aliphatic rings. The molecule has 2 heterocycles. The lowest BCUT2D eigenvalue weighted by atomic mass is 10.2. The molecule has 0 saturated carbocycles. The van der Waals surface area contributed by atoms with E-state index in [1.807, 2.05) is 34.9 Å².